The Morgan fingerprint density at radius 1 is 1.10 bits per heavy atom. The van der Waals surface area contributed by atoms with Crippen LogP contribution in [-0.2, 0) is 6.54 Å². The Kier molecular flexibility index (Phi) is 4.40. The van der Waals surface area contributed by atoms with Gasteiger partial charge in [-0.3, -0.25) is 4.79 Å². The third-order valence-corrected chi connectivity index (χ3v) is 5.14. The van der Waals surface area contributed by atoms with E-state index in [1.54, 1.807) is 48.3 Å². The fourth-order valence-corrected chi connectivity index (χ4v) is 3.48. The van der Waals surface area contributed by atoms with Gasteiger partial charge in [0, 0.05) is 18.0 Å². The molecule has 1 N–H and O–H groups in total. The molecule has 0 saturated heterocycles. The minimum absolute atomic E-state index is 0.109. The highest BCUT2D eigenvalue weighted by atomic mass is 16.7. The number of benzene rings is 2. The Bertz CT molecular complexity index is 1280. The average Bonchev–Trinajstić information content (AvgIpc) is 3.42. The number of methoxy groups -OCH3 is 1. The van der Waals surface area contributed by atoms with Crippen molar-refractivity contribution in [2.24, 2.45) is 0 Å². The normalized spacial score (nSPS) is 13.5. The van der Waals surface area contributed by atoms with Crippen LogP contribution in [0.1, 0.15) is 11.7 Å². The van der Waals surface area contributed by atoms with E-state index in [1.165, 1.54) is 4.57 Å². The molecule has 0 bridgehead atoms. The van der Waals surface area contributed by atoms with Gasteiger partial charge in [0.25, 0.3) is 5.56 Å². The van der Waals surface area contributed by atoms with Gasteiger partial charge in [0.1, 0.15) is 11.3 Å². The van der Waals surface area contributed by atoms with Gasteiger partial charge in [0.15, 0.2) is 11.5 Å². The number of aliphatic hydroxyl groups is 1. The molecular formula is C22H19N3O5. The molecule has 8 nitrogen and oxygen atoms in total. The maximum atomic E-state index is 13.0. The third kappa shape index (κ3) is 3.17. The number of hydrogen-bond donors (Lipinski definition) is 1. The second-order valence-corrected chi connectivity index (χ2v) is 6.97. The van der Waals surface area contributed by atoms with E-state index in [2.05, 4.69) is 5.10 Å². The monoisotopic (exact) mass is 405 g/mol. The zero-order valence-corrected chi connectivity index (χ0v) is 16.2. The van der Waals surface area contributed by atoms with Crippen LogP contribution >= 0.6 is 0 Å². The van der Waals surface area contributed by atoms with Crippen LogP contribution < -0.4 is 19.8 Å². The van der Waals surface area contributed by atoms with Gasteiger partial charge in [-0.1, -0.05) is 6.07 Å². The van der Waals surface area contributed by atoms with Gasteiger partial charge >= 0.3 is 0 Å². The van der Waals surface area contributed by atoms with Crippen molar-refractivity contribution in [1.82, 2.24) is 14.2 Å². The number of hydrogen-bond acceptors (Lipinski definition) is 6. The summed E-state index contributed by atoms with van der Waals surface area (Å²) in [5, 5.41) is 15.1. The molecule has 4 aromatic rings. The standard InChI is InChI=1S/C22H19N3O5/c1-28-16-5-2-14(3-6-16)17-11-18-22(27)24(8-9-25(18)23-17)12-19(26)15-4-7-20-21(10-15)30-13-29-20/h2-11,19,26H,12-13H2,1H3/t19-/m0/s1. The molecule has 30 heavy (non-hydrogen) atoms. The van der Waals surface area contributed by atoms with Crippen LogP contribution in [0.25, 0.3) is 16.8 Å². The van der Waals surface area contributed by atoms with Crippen molar-refractivity contribution in [3.8, 4) is 28.5 Å². The lowest BCUT2D eigenvalue weighted by atomic mass is 10.1. The molecule has 1 aliphatic heterocycles. The third-order valence-electron chi connectivity index (χ3n) is 5.14. The smallest absolute Gasteiger partial charge is 0.276 e. The van der Waals surface area contributed by atoms with Gasteiger partial charge in [-0.2, -0.15) is 5.10 Å². The molecular weight excluding hydrogens is 386 g/mol. The maximum absolute atomic E-state index is 13.0. The summed E-state index contributed by atoms with van der Waals surface area (Å²) in [6.07, 6.45) is 2.45. The molecule has 0 saturated carbocycles. The summed E-state index contributed by atoms with van der Waals surface area (Å²) in [5.41, 5.74) is 2.42. The largest absolute Gasteiger partial charge is 0.497 e. The summed E-state index contributed by atoms with van der Waals surface area (Å²) in [5.74, 6) is 1.99. The highest BCUT2D eigenvalue weighted by Gasteiger charge is 2.18. The maximum Gasteiger partial charge on any atom is 0.276 e. The zero-order valence-electron chi connectivity index (χ0n) is 16.2. The van der Waals surface area contributed by atoms with Gasteiger partial charge in [-0.15, -0.1) is 0 Å². The molecule has 5 rings (SSSR count). The molecule has 3 heterocycles. The quantitative estimate of drug-likeness (QED) is 0.549. The summed E-state index contributed by atoms with van der Waals surface area (Å²) in [4.78, 5) is 13.0. The van der Waals surface area contributed by atoms with E-state index in [4.69, 9.17) is 14.2 Å². The predicted octanol–water partition coefficient (Wildman–Crippen LogP) is 2.63. The molecule has 0 fully saturated rings. The molecule has 0 unspecified atom stereocenters. The van der Waals surface area contributed by atoms with E-state index < -0.39 is 6.10 Å². The van der Waals surface area contributed by atoms with Gasteiger partial charge in [-0.05, 0) is 48.0 Å². The van der Waals surface area contributed by atoms with E-state index in [0.29, 0.717) is 28.3 Å². The van der Waals surface area contributed by atoms with Crippen molar-refractivity contribution in [1.29, 1.82) is 0 Å². The molecule has 152 valence electrons. The summed E-state index contributed by atoms with van der Waals surface area (Å²) >= 11 is 0. The second kappa shape index (κ2) is 7.23. The van der Waals surface area contributed by atoms with E-state index in [0.717, 1.165) is 11.3 Å². The minimum Gasteiger partial charge on any atom is -0.497 e. The Morgan fingerprint density at radius 3 is 2.70 bits per heavy atom. The topological polar surface area (TPSA) is 87.2 Å². The molecule has 2 aromatic heterocycles. The lowest BCUT2D eigenvalue weighted by Gasteiger charge is -2.13. The van der Waals surface area contributed by atoms with Crippen LogP contribution in [0.3, 0.4) is 0 Å². The van der Waals surface area contributed by atoms with E-state index in [1.807, 2.05) is 24.3 Å². The minimum atomic E-state index is -0.872. The summed E-state index contributed by atoms with van der Waals surface area (Å²) in [6.45, 7) is 0.279. The van der Waals surface area contributed by atoms with Crippen molar-refractivity contribution < 1.29 is 19.3 Å². The summed E-state index contributed by atoms with van der Waals surface area (Å²) < 4.78 is 18.9. The van der Waals surface area contributed by atoms with Crippen LogP contribution in [0, 0.1) is 0 Å². The van der Waals surface area contributed by atoms with E-state index >= 15 is 0 Å². The number of nitrogens with zero attached hydrogens (tertiary/aromatic N) is 3. The van der Waals surface area contributed by atoms with Crippen LogP contribution in [-0.4, -0.2) is 33.2 Å². The fraction of sp³-hybridized carbons (Fsp3) is 0.182. The molecule has 1 aliphatic rings. The Balaban J connectivity index is 1.43. The van der Waals surface area contributed by atoms with Gasteiger partial charge in [-0.25, -0.2) is 4.52 Å². The highest BCUT2D eigenvalue weighted by molar-refractivity contribution is 5.66. The first-order valence-corrected chi connectivity index (χ1v) is 9.43. The molecule has 2 aromatic carbocycles. The highest BCUT2D eigenvalue weighted by Crippen LogP contribution is 2.34. The number of rotatable bonds is 5. The Labute approximate surface area is 171 Å². The molecule has 0 amide bonds. The zero-order chi connectivity index (χ0) is 20.7. The van der Waals surface area contributed by atoms with Crippen molar-refractivity contribution in [2.45, 2.75) is 12.6 Å². The first-order valence-electron chi connectivity index (χ1n) is 9.43. The van der Waals surface area contributed by atoms with Gasteiger partial charge < -0.3 is 23.9 Å². The number of fused-ring (bicyclic) bond motifs is 2. The van der Waals surface area contributed by atoms with Crippen molar-refractivity contribution >= 4 is 5.52 Å². The molecule has 0 aliphatic carbocycles. The lowest BCUT2D eigenvalue weighted by Crippen LogP contribution is -2.24. The van der Waals surface area contributed by atoms with Gasteiger partial charge in [0.2, 0.25) is 6.79 Å². The van der Waals surface area contributed by atoms with Crippen LogP contribution in [0.15, 0.2) is 65.7 Å². The van der Waals surface area contributed by atoms with E-state index in [-0.39, 0.29) is 18.9 Å². The van der Waals surface area contributed by atoms with Crippen LogP contribution in [0.2, 0.25) is 0 Å². The second-order valence-electron chi connectivity index (χ2n) is 6.97. The Hall–Kier alpha value is -3.78. The SMILES string of the molecule is COc1ccc(-c2cc3c(=O)n(C[C@H](O)c4ccc5c(c4)OCO5)ccn3n2)cc1. The first kappa shape index (κ1) is 18.3. The first-order chi connectivity index (χ1) is 14.6. The van der Waals surface area contributed by atoms with Crippen molar-refractivity contribution in [3.63, 3.8) is 0 Å². The number of aromatic nitrogens is 3. The Morgan fingerprint density at radius 2 is 1.90 bits per heavy atom. The molecule has 1 atom stereocenters. The molecule has 8 heteroatoms. The summed E-state index contributed by atoms with van der Waals surface area (Å²) in [6, 6.07) is 14.5. The van der Waals surface area contributed by atoms with Crippen LogP contribution in [0.4, 0.5) is 0 Å². The summed E-state index contributed by atoms with van der Waals surface area (Å²) in [7, 11) is 1.61. The van der Waals surface area contributed by atoms with Gasteiger partial charge in [0.05, 0.1) is 25.5 Å². The van der Waals surface area contributed by atoms with Crippen molar-refractivity contribution in [3.05, 3.63) is 76.8 Å². The van der Waals surface area contributed by atoms with E-state index in [9.17, 15) is 9.90 Å². The number of ether oxygens (including phenoxy) is 3. The predicted molar refractivity (Wildman–Crippen MR) is 109 cm³/mol. The average molecular weight is 405 g/mol. The van der Waals surface area contributed by atoms with Crippen LogP contribution in [0.5, 0.6) is 17.2 Å². The molecule has 0 spiro atoms. The fourth-order valence-electron chi connectivity index (χ4n) is 3.48. The molecule has 0 radical (unpaired) electrons. The number of aliphatic hydroxyl groups excluding tert-OH is 1. The lowest BCUT2D eigenvalue weighted by molar-refractivity contribution is 0.154. The van der Waals surface area contributed by atoms with Crippen molar-refractivity contribution in [2.75, 3.05) is 13.9 Å².